The standard InChI is InChI=1S/C16H17NO3S3/c1-11-7-8-15(21-11)23(19,20)17-10-16(2,18)14-9-12-5-3-4-6-13(12)22-14/h3-9,17-18H,10H2,1-2H3/t16-/m0/s1. The molecule has 1 atom stereocenters. The predicted molar refractivity (Wildman–Crippen MR) is 95.6 cm³/mol. The molecule has 0 radical (unpaired) electrons. The summed E-state index contributed by atoms with van der Waals surface area (Å²) in [5.41, 5.74) is -1.26. The van der Waals surface area contributed by atoms with E-state index in [9.17, 15) is 13.5 Å². The van der Waals surface area contributed by atoms with Crippen LogP contribution in [0.5, 0.6) is 0 Å². The Kier molecular flexibility index (Phi) is 4.33. The minimum absolute atomic E-state index is 0.0703. The Labute approximate surface area is 143 Å². The maximum Gasteiger partial charge on any atom is 0.250 e. The number of nitrogens with one attached hydrogen (secondary N) is 1. The molecule has 3 rings (SSSR count). The highest BCUT2D eigenvalue weighted by atomic mass is 32.2. The van der Waals surface area contributed by atoms with E-state index in [-0.39, 0.29) is 10.8 Å². The zero-order valence-corrected chi connectivity index (χ0v) is 15.2. The molecule has 0 amide bonds. The fourth-order valence-corrected chi connectivity index (χ4v) is 5.76. The van der Waals surface area contributed by atoms with Crippen LogP contribution >= 0.6 is 22.7 Å². The van der Waals surface area contributed by atoms with Crippen molar-refractivity contribution in [2.24, 2.45) is 0 Å². The van der Waals surface area contributed by atoms with Crippen LogP contribution in [0.3, 0.4) is 0 Å². The highest BCUT2D eigenvalue weighted by Gasteiger charge is 2.28. The third kappa shape index (κ3) is 3.49. The number of aliphatic hydroxyl groups is 1. The molecule has 2 heterocycles. The van der Waals surface area contributed by atoms with Gasteiger partial charge in [0, 0.05) is 21.0 Å². The number of sulfonamides is 1. The van der Waals surface area contributed by atoms with Crippen LogP contribution in [0.4, 0.5) is 0 Å². The summed E-state index contributed by atoms with van der Waals surface area (Å²) in [5.74, 6) is 0. The minimum Gasteiger partial charge on any atom is -0.383 e. The topological polar surface area (TPSA) is 66.4 Å². The molecule has 0 saturated heterocycles. The van der Waals surface area contributed by atoms with Gasteiger partial charge in [-0.2, -0.15) is 0 Å². The van der Waals surface area contributed by atoms with Gasteiger partial charge in [0.25, 0.3) is 0 Å². The summed E-state index contributed by atoms with van der Waals surface area (Å²) >= 11 is 2.69. The number of thiophene rings is 2. The van der Waals surface area contributed by atoms with Gasteiger partial charge in [0.1, 0.15) is 9.81 Å². The van der Waals surface area contributed by atoms with Crippen molar-refractivity contribution < 1.29 is 13.5 Å². The number of hydrogen-bond donors (Lipinski definition) is 2. The Balaban J connectivity index is 1.80. The molecule has 1 aromatic carbocycles. The molecule has 0 aliphatic carbocycles. The van der Waals surface area contributed by atoms with Crippen LogP contribution in [0, 0.1) is 6.92 Å². The quantitative estimate of drug-likeness (QED) is 0.726. The highest BCUT2D eigenvalue weighted by Crippen LogP contribution is 2.33. The Morgan fingerprint density at radius 2 is 1.91 bits per heavy atom. The van der Waals surface area contributed by atoms with Crippen molar-refractivity contribution in [2.75, 3.05) is 6.54 Å². The lowest BCUT2D eigenvalue weighted by Gasteiger charge is -2.22. The fraction of sp³-hybridized carbons (Fsp3) is 0.250. The average molecular weight is 368 g/mol. The van der Waals surface area contributed by atoms with Gasteiger partial charge in [0.05, 0.1) is 0 Å². The molecule has 122 valence electrons. The summed E-state index contributed by atoms with van der Waals surface area (Å²) in [6.45, 7) is 3.41. The summed E-state index contributed by atoms with van der Waals surface area (Å²) in [6, 6.07) is 13.1. The minimum atomic E-state index is -3.60. The van der Waals surface area contributed by atoms with Crippen LogP contribution in [0.25, 0.3) is 10.1 Å². The Hall–Kier alpha value is -1.25. The zero-order valence-electron chi connectivity index (χ0n) is 12.7. The molecule has 2 N–H and O–H groups in total. The first-order valence-electron chi connectivity index (χ1n) is 7.05. The molecule has 0 unspecified atom stereocenters. The summed E-state index contributed by atoms with van der Waals surface area (Å²) < 4.78 is 28.4. The van der Waals surface area contributed by atoms with Crippen molar-refractivity contribution in [3.05, 3.63) is 52.2 Å². The lowest BCUT2D eigenvalue weighted by Crippen LogP contribution is -2.37. The van der Waals surface area contributed by atoms with Gasteiger partial charge in [0.2, 0.25) is 10.0 Å². The lowest BCUT2D eigenvalue weighted by molar-refractivity contribution is 0.0667. The first kappa shape index (κ1) is 16.6. The number of rotatable bonds is 5. The van der Waals surface area contributed by atoms with E-state index >= 15 is 0 Å². The van der Waals surface area contributed by atoms with Crippen LogP contribution in [0.2, 0.25) is 0 Å². The van der Waals surface area contributed by atoms with Crippen LogP contribution in [0.15, 0.2) is 46.7 Å². The van der Waals surface area contributed by atoms with E-state index in [4.69, 9.17) is 0 Å². The number of aryl methyl sites for hydroxylation is 1. The van der Waals surface area contributed by atoms with Crippen molar-refractivity contribution in [3.8, 4) is 0 Å². The van der Waals surface area contributed by atoms with E-state index in [2.05, 4.69) is 4.72 Å². The molecule has 23 heavy (non-hydrogen) atoms. The summed E-state index contributed by atoms with van der Waals surface area (Å²) in [4.78, 5) is 1.67. The maximum absolute atomic E-state index is 12.3. The smallest absolute Gasteiger partial charge is 0.250 e. The summed E-state index contributed by atoms with van der Waals surface area (Å²) in [5, 5.41) is 11.7. The van der Waals surface area contributed by atoms with E-state index < -0.39 is 15.6 Å². The van der Waals surface area contributed by atoms with E-state index in [1.54, 1.807) is 19.1 Å². The van der Waals surface area contributed by atoms with Crippen LogP contribution in [-0.2, 0) is 15.6 Å². The zero-order chi connectivity index (χ0) is 16.7. The third-order valence-corrected chi connectivity index (χ3v) is 7.81. The molecule has 7 heteroatoms. The second-order valence-corrected chi connectivity index (χ2v) is 9.98. The molecule has 0 fully saturated rings. The molecule has 3 aromatic rings. The molecule has 0 spiro atoms. The Bertz CT molecular complexity index is 905. The number of hydrogen-bond acceptors (Lipinski definition) is 5. The Morgan fingerprint density at radius 3 is 2.57 bits per heavy atom. The van der Waals surface area contributed by atoms with Gasteiger partial charge in [-0.3, -0.25) is 0 Å². The first-order chi connectivity index (χ1) is 10.8. The molecule has 0 bridgehead atoms. The largest absolute Gasteiger partial charge is 0.383 e. The van der Waals surface area contributed by atoms with Crippen molar-refractivity contribution in [1.82, 2.24) is 4.72 Å². The molecular weight excluding hydrogens is 350 g/mol. The molecule has 4 nitrogen and oxygen atoms in total. The first-order valence-corrected chi connectivity index (χ1v) is 10.2. The van der Waals surface area contributed by atoms with Gasteiger partial charge in [0.15, 0.2) is 0 Å². The maximum atomic E-state index is 12.3. The van der Waals surface area contributed by atoms with E-state index in [0.717, 1.165) is 19.8 Å². The normalized spacial score (nSPS) is 14.9. The predicted octanol–water partition coefficient (Wildman–Crippen LogP) is 3.46. The monoisotopic (exact) mass is 367 g/mol. The van der Waals surface area contributed by atoms with Gasteiger partial charge in [-0.25, -0.2) is 13.1 Å². The van der Waals surface area contributed by atoms with Crippen LogP contribution in [0.1, 0.15) is 16.7 Å². The lowest BCUT2D eigenvalue weighted by atomic mass is 10.1. The summed E-state index contributed by atoms with van der Waals surface area (Å²) in [6.07, 6.45) is 0. The van der Waals surface area contributed by atoms with Crippen molar-refractivity contribution in [3.63, 3.8) is 0 Å². The van der Waals surface area contributed by atoms with Gasteiger partial charge < -0.3 is 5.11 Å². The van der Waals surface area contributed by atoms with Gasteiger partial charge in [-0.15, -0.1) is 22.7 Å². The molecule has 0 aliphatic heterocycles. The second kappa shape index (κ2) is 5.99. The highest BCUT2D eigenvalue weighted by molar-refractivity contribution is 7.91. The van der Waals surface area contributed by atoms with Gasteiger partial charge in [-0.1, -0.05) is 18.2 Å². The SMILES string of the molecule is Cc1ccc(S(=O)(=O)NC[C@](C)(O)c2cc3ccccc3s2)s1. The average Bonchev–Trinajstić information content (AvgIpc) is 3.12. The number of fused-ring (bicyclic) bond motifs is 1. The Morgan fingerprint density at radius 1 is 1.17 bits per heavy atom. The second-order valence-electron chi connectivity index (χ2n) is 5.61. The van der Waals surface area contributed by atoms with Crippen molar-refractivity contribution in [1.29, 1.82) is 0 Å². The van der Waals surface area contributed by atoms with Gasteiger partial charge >= 0.3 is 0 Å². The molecule has 2 aromatic heterocycles. The van der Waals surface area contributed by atoms with E-state index in [1.807, 2.05) is 37.3 Å². The molecule has 0 aliphatic rings. The number of benzene rings is 1. The molecular formula is C16H17NO3S3. The van der Waals surface area contributed by atoms with Crippen LogP contribution in [-0.4, -0.2) is 20.1 Å². The van der Waals surface area contributed by atoms with E-state index in [1.165, 1.54) is 22.7 Å². The van der Waals surface area contributed by atoms with Crippen LogP contribution < -0.4 is 4.72 Å². The molecule has 0 saturated carbocycles. The van der Waals surface area contributed by atoms with Crippen molar-refractivity contribution in [2.45, 2.75) is 23.7 Å². The van der Waals surface area contributed by atoms with Gasteiger partial charge in [-0.05, 0) is 43.5 Å². The summed E-state index contributed by atoms with van der Waals surface area (Å²) in [7, 11) is -3.60. The van der Waals surface area contributed by atoms with E-state index in [0.29, 0.717) is 0 Å². The third-order valence-electron chi connectivity index (χ3n) is 3.54. The van der Waals surface area contributed by atoms with Crippen molar-refractivity contribution >= 4 is 42.8 Å². The fourth-order valence-electron chi connectivity index (χ4n) is 2.20.